The number of carboxylic acids is 1. The number of aliphatic carboxylic acids is 1. The zero-order chi connectivity index (χ0) is 18.7. The van der Waals surface area contributed by atoms with E-state index in [2.05, 4.69) is 25.9 Å². The van der Waals surface area contributed by atoms with Gasteiger partial charge < -0.3 is 10.0 Å². The summed E-state index contributed by atoms with van der Waals surface area (Å²) in [6.45, 7) is 7.21. The van der Waals surface area contributed by atoms with Crippen molar-refractivity contribution in [2.24, 2.45) is 11.3 Å². The van der Waals surface area contributed by atoms with Gasteiger partial charge in [-0.15, -0.1) is 0 Å². The highest BCUT2D eigenvalue weighted by atomic mass is 16.4. The van der Waals surface area contributed by atoms with E-state index in [-0.39, 0.29) is 17.2 Å². The van der Waals surface area contributed by atoms with Crippen LogP contribution in [0.4, 0.5) is 0 Å². The van der Waals surface area contributed by atoms with E-state index in [1.165, 1.54) is 19.3 Å². The summed E-state index contributed by atoms with van der Waals surface area (Å²) in [4.78, 5) is 26.8. The maximum atomic E-state index is 12.8. The SMILES string of the molecule is CC(C)(C)c1ccn(C2(C(=O)O)CCN(C(=O)C3CC34CCC4)CC2)n1. The molecule has 2 aliphatic carbocycles. The van der Waals surface area contributed by atoms with Crippen molar-refractivity contribution in [2.75, 3.05) is 13.1 Å². The first-order valence-electron chi connectivity index (χ1n) is 9.77. The summed E-state index contributed by atoms with van der Waals surface area (Å²) in [5, 5.41) is 14.6. The Kier molecular flexibility index (Phi) is 3.76. The van der Waals surface area contributed by atoms with Crippen LogP contribution < -0.4 is 0 Å². The van der Waals surface area contributed by atoms with Crippen LogP contribution in [-0.4, -0.2) is 44.8 Å². The van der Waals surface area contributed by atoms with E-state index >= 15 is 0 Å². The van der Waals surface area contributed by atoms with Gasteiger partial charge in [0, 0.05) is 43.5 Å². The van der Waals surface area contributed by atoms with Gasteiger partial charge in [0.25, 0.3) is 0 Å². The van der Waals surface area contributed by atoms with Crippen LogP contribution in [0, 0.1) is 11.3 Å². The first-order valence-corrected chi connectivity index (χ1v) is 9.77. The number of likely N-dealkylation sites (tertiary alicyclic amines) is 1. The molecular formula is C20H29N3O3. The smallest absolute Gasteiger partial charge is 0.331 e. The molecule has 1 aromatic rings. The number of carbonyl (C=O) groups excluding carboxylic acids is 1. The fraction of sp³-hybridized carbons (Fsp3) is 0.750. The summed E-state index contributed by atoms with van der Waals surface area (Å²) in [6, 6.07) is 1.91. The molecule has 3 aliphatic rings. The van der Waals surface area contributed by atoms with Crippen molar-refractivity contribution < 1.29 is 14.7 Å². The van der Waals surface area contributed by atoms with Crippen LogP contribution in [0.5, 0.6) is 0 Å². The summed E-state index contributed by atoms with van der Waals surface area (Å²) in [7, 11) is 0. The van der Waals surface area contributed by atoms with Crippen LogP contribution >= 0.6 is 0 Å². The van der Waals surface area contributed by atoms with Crippen molar-refractivity contribution in [3.63, 3.8) is 0 Å². The predicted molar refractivity (Wildman–Crippen MR) is 96.7 cm³/mol. The number of hydrogen-bond acceptors (Lipinski definition) is 3. The van der Waals surface area contributed by atoms with Gasteiger partial charge in [0.05, 0.1) is 5.69 Å². The Balaban J connectivity index is 1.48. The van der Waals surface area contributed by atoms with E-state index in [1.54, 1.807) is 10.9 Å². The molecule has 0 aromatic carbocycles. The number of amides is 1. The molecule has 6 nitrogen and oxygen atoms in total. The molecule has 1 atom stereocenters. The summed E-state index contributed by atoms with van der Waals surface area (Å²) in [5.74, 6) is -0.402. The molecule has 1 spiro atoms. The Morgan fingerprint density at radius 2 is 1.85 bits per heavy atom. The van der Waals surface area contributed by atoms with E-state index in [4.69, 9.17) is 0 Å². The fourth-order valence-electron chi connectivity index (χ4n) is 4.70. The number of carbonyl (C=O) groups is 2. The molecule has 26 heavy (non-hydrogen) atoms. The third-order valence-electron chi connectivity index (χ3n) is 6.93. The highest BCUT2D eigenvalue weighted by Crippen LogP contribution is 2.66. The van der Waals surface area contributed by atoms with Crippen LogP contribution in [0.15, 0.2) is 12.3 Å². The Morgan fingerprint density at radius 1 is 1.19 bits per heavy atom. The van der Waals surface area contributed by atoms with Gasteiger partial charge in [-0.25, -0.2) is 4.79 Å². The topological polar surface area (TPSA) is 75.4 Å². The van der Waals surface area contributed by atoms with Crippen molar-refractivity contribution in [3.05, 3.63) is 18.0 Å². The molecular weight excluding hydrogens is 330 g/mol. The van der Waals surface area contributed by atoms with Crippen molar-refractivity contribution in [1.82, 2.24) is 14.7 Å². The van der Waals surface area contributed by atoms with E-state index < -0.39 is 11.5 Å². The average Bonchev–Trinajstić information content (AvgIpc) is 3.12. The third-order valence-corrected chi connectivity index (χ3v) is 6.93. The average molecular weight is 359 g/mol. The summed E-state index contributed by atoms with van der Waals surface area (Å²) >= 11 is 0. The van der Waals surface area contributed by atoms with Gasteiger partial charge in [0.2, 0.25) is 5.91 Å². The van der Waals surface area contributed by atoms with E-state index in [0.717, 1.165) is 12.1 Å². The molecule has 0 radical (unpaired) electrons. The number of nitrogens with zero attached hydrogens (tertiary/aromatic N) is 3. The van der Waals surface area contributed by atoms with Crippen molar-refractivity contribution in [1.29, 1.82) is 0 Å². The van der Waals surface area contributed by atoms with Gasteiger partial charge >= 0.3 is 5.97 Å². The molecule has 1 saturated heterocycles. The maximum absolute atomic E-state index is 12.8. The van der Waals surface area contributed by atoms with E-state index in [9.17, 15) is 14.7 Å². The molecule has 4 rings (SSSR count). The lowest BCUT2D eigenvalue weighted by Crippen LogP contribution is -2.53. The second-order valence-electron chi connectivity index (χ2n) is 9.53. The molecule has 1 aromatic heterocycles. The Bertz CT molecular complexity index is 734. The summed E-state index contributed by atoms with van der Waals surface area (Å²) in [5.41, 5.74) is 0.0477. The number of hydrogen-bond donors (Lipinski definition) is 1. The lowest BCUT2D eigenvalue weighted by atomic mass is 9.79. The molecule has 2 heterocycles. The molecule has 1 amide bonds. The third kappa shape index (κ3) is 2.57. The highest BCUT2D eigenvalue weighted by molar-refractivity contribution is 5.84. The second-order valence-corrected chi connectivity index (χ2v) is 9.53. The zero-order valence-electron chi connectivity index (χ0n) is 16.0. The largest absolute Gasteiger partial charge is 0.479 e. The first kappa shape index (κ1) is 17.6. The minimum Gasteiger partial charge on any atom is -0.479 e. The molecule has 0 bridgehead atoms. The minimum atomic E-state index is -1.04. The Labute approximate surface area is 154 Å². The van der Waals surface area contributed by atoms with Crippen LogP contribution in [0.1, 0.15) is 65.0 Å². The normalized spacial score (nSPS) is 26.4. The monoisotopic (exact) mass is 359 g/mol. The van der Waals surface area contributed by atoms with Gasteiger partial charge in [-0.3, -0.25) is 9.48 Å². The summed E-state index contributed by atoms with van der Waals surface area (Å²) in [6.07, 6.45) is 7.30. The van der Waals surface area contributed by atoms with E-state index in [0.29, 0.717) is 31.3 Å². The minimum absolute atomic E-state index is 0.120. The number of piperidine rings is 1. The standard InChI is InChI=1S/C20H29N3O3/c1-18(2,3)15-5-10-23(21-15)20(17(25)26)8-11-22(12-9-20)16(24)14-13-19(14)6-4-7-19/h5,10,14H,4,6-9,11-13H2,1-3H3,(H,25,26). The lowest BCUT2D eigenvalue weighted by Gasteiger charge is -2.39. The van der Waals surface area contributed by atoms with Gasteiger partial charge in [0.1, 0.15) is 0 Å². The molecule has 6 heteroatoms. The molecule has 1 aliphatic heterocycles. The number of rotatable bonds is 3. The molecule has 142 valence electrons. The van der Waals surface area contributed by atoms with Crippen molar-refractivity contribution >= 4 is 11.9 Å². The van der Waals surface area contributed by atoms with Crippen LogP contribution in [0.3, 0.4) is 0 Å². The Hall–Kier alpha value is -1.85. The van der Waals surface area contributed by atoms with Gasteiger partial charge in [-0.2, -0.15) is 5.10 Å². The quantitative estimate of drug-likeness (QED) is 0.900. The fourth-order valence-corrected chi connectivity index (χ4v) is 4.70. The zero-order valence-corrected chi connectivity index (χ0v) is 16.0. The highest BCUT2D eigenvalue weighted by Gasteiger charge is 2.62. The molecule has 2 saturated carbocycles. The van der Waals surface area contributed by atoms with Gasteiger partial charge in [-0.05, 0) is 30.7 Å². The molecule has 1 unspecified atom stereocenters. The Morgan fingerprint density at radius 3 is 2.27 bits per heavy atom. The van der Waals surface area contributed by atoms with E-state index in [1.807, 2.05) is 11.0 Å². The maximum Gasteiger partial charge on any atom is 0.331 e. The van der Waals surface area contributed by atoms with Crippen molar-refractivity contribution in [3.8, 4) is 0 Å². The molecule has 1 N–H and O–H groups in total. The van der Waals surface area contributed by atoms with Crippen LogP contribution in [-0.2, 0) is 20.5 Å². The number of aromatic nitrogens is 2. The lowest BCUT2D eigenvalue weighted by molar-refractivity contribution is -0.154. The molecule has 3 fully saturated rings. The summed E-state index contributed by atoms with van der Waals surface area (Å²) < 4.78 is 1.63. The van der Waals surface area contributed by atoms with Crippen LogP contribution in [0.2, 0.25) is 0 Å². The van der Waals surface area contributed by atoms with Crippen molar-refractivity contribution in [2.45, 2.75) is 70.3 Å². The second kappa shape index (κ2) is 5.57. The first-order chi connectivity index (χ1) is 12.2. The number of carboxylic acid groups (broad SMARTS) is 1. The van der Waals surface area contributed by atoms with Gasteiger partial charge in [-0.1, -0.05) is 27.2 Å². The van der Waals surface area contributed by atoms with Gasteiger partial charge in [0.15, 0.2) is 5.54 Å². The van der Waals surface area contributed by atoms with Crippen LogP contribution in [0.25, 0.3) is 0 Å². The predicted octanol–water partition coefficient (Wildman–Crippen LogP) is 2.77.